The van der Waals surface area contributed by atoms with Crippen molar-refractivity contribution in [1.82, 2.24) is 0 Å². The number of methoxy groups -OCH3 is 2. The van der Waals surface area contributed by atoms with Crippen molar-refractivity contribution in [2.45, 2.75) is 31.3 Å². The fourth-order valence-electron chi connectivity index (χ4n) is 2.37. The van der Waals surface area contributed by atoms with Crippen molar-refractivity contribution >= 4 is 10.1 Å². The number of ether oxygens (including phenoxy) is 2. The largest absolute Gasteiger partial charge is 0.497 e. The Bertz CT molecular complexity index is 524. The van der Waals surface area contributed by atoms with E-state index in [2.05, 4.69) is 0 Å². The first kappa shape index (κ1) is 17.7. The van der Waals surface area contributed by atoms with Gasteiger partial charge in [0.2, 0.25) is 0 Å². The molecule has 0 heterocycles. The lowest BCUT2D eigenvalue weighted by molar-refractivity contribution is 0.163. The van der Waals surface area contributed by atoms with Crippen molar-refractivity contribution in [3.8, 4) is 11.5 Å². The van der Waals surface area contributed by atoms with E-state index in [0.717, 1.165) is 36.3 Å². The third kappa shape index (κ3) is 6.33. The molecule has 2 atom stereocenters. The van der Waals surface area contributed by atoms with Gasteiger partial charge in [0.1, 0.15) is 11.5 Å². The molecule has 0 bridgehead atoms. The van der Waals surface area contributed by atoms with Gasteiger partial charge in [0.25, 0.3) is 10.1 Å². The van der Waals surface area contributed by atoms with Crippen molar-refractivity contribution in [2.75, 3.05) is 20.5 Å². The van der Waals surface area contributed by atoms with E-state index in [1.54, 1.807) is 14.2 Å². The van der Waals surface area contributed by atoms with Crippen molar-refractivity contribution in [1.29, 1.82) is 0 Å². The van der Waals surface area contributed by atoms with Gasteiger partial charge in [-0.15, -0.1) is 0 Å². The molecule has 21 heavy (non-hydrogen) atoms. The van der Waals surface area contributed by atoms with Gasteiger partial charge in [-0.05, 0) is 30.5 Å². The Morgan fingerprint density at radius 2 is 1.57 bits per heavy atom. The van der Waals surface area contributed by atoms with Crippen molar-refractivity contribution in [3.63, 3.8) is 0 Å². The summed E-state index contributed by atoms with van der Waals surface area (Å²) in [6.45, 7) is 0. The highest BCUT2D eigenvalue weighted by atomic mass is 32.2. The van der Waals surface area contributed by atoms with Gasteiger partial charge in [0, 0.05) is 12.0 Å². The Balaban J connectivity index is 0.000000383. The third-order valence-corrected chi connectivity index (χ3v) is 3.28. The molecular formula is C14H22O6S. The lowest BCUT2D eigenvalue weighted by atomic mass is 9.95. The molecule has 0 radical (unpaired) electrons. The van der Waals surface area contributed by atoms with Crippen LogP contribution in [0.3, 0.4) is 0 Å². The van der Waals surface area contributed by atoms with Crippen LogP contribution in [-0.4, -0.2) is 44.7 Å². The zero-order valence-corrected chi connectivity index (χ0v) is 13.3. The molecule has 1 aromatic rings. The second kappa shape index (κ2) is 7.63. The standard InChI is InChI=1S/C13H18O3.CH4O3S/c1-15-10-6-9(7-11(8-10)16-2)12-4-3-5-13(12)14;1-5(2,3)4/h6-8,12-14H,3-5H2,1-2H3;1H3,(H,2,3,4)/t12-,13-;/m1./s1. The van der Waals surface area contributed by atoms with E-state index in [1.807, 2.05) is 18.2 Å². The maximum Gasteiger partial charge on any atom is 0.261 e. The minimum atomic E-state index is -3.67. The summed E-state index contributed by atoms with van der Waals surface area (Å²) in [6.07, 6.45) is 3.51. The van der Waals surface area contributed by atoms with Crippen LogP contribution in [0.2, 0.25) is 0 Å². The molecule has 0 aromatic heterocycles. The lowest BCUT2D eigenvalue weighted by Gasteiger charge is -2.16. The molecule has 120 valence electrons. The van der Waals surface area contributed by atoms with Crippen LogP contribution >= 0.6 is 0 Å². The van der Waals surface area contributed by atoms with Gasteiger partial charge in [-0.3, -0.25) is 4.55 Å². The van der Waals surface area contributed by atoms with Crippen molar-refractivity contribution in [2.24, 2.45) is 0 Å². The van der Waals surface area contributed by atoms with Crippen LogP contribution in [0.5, 0.6) is 11.5 Å². The molecule has 1 fully saturated rings. The van der Waals surface area contributed by atoms with Gasteiger partial charge < -0.3 is 14.6 Å². The summed E-state index contributed by atoms with van der Waals surface area (Å²) < 4.78 is 36.3. The minimum absolute atomic E-state index is 0.225. The summed E-state index contributed by atoms with van der Waals surface area (Å²) >= 11 is 0. The van der Waals surface area contributed by atoms with Crippen LogP contribution in [0.25, 0.3) is 0 Å². The van der Waals surface area contributed by atoms with E-state index < -0.39 is 10.1 Å². The Kier molecular flexibility index (Phi) is 6.44. The predicted molar refractivity (Wildman–Crippen MR) is 79.6 cm³/mol. The van der Waals surface area contributed by atoms with E-state index in [1.165, 1.54) is 0 Å². The average Bonchev–Trinajstić information content (AvgIpc) is 2.82. The number of hydrogen-bond acceptors (Lipinski definition) is 5. The fourth-order valence-corrected chi connectivity index (χ4v) is 2.37. The molecular weight excluding hydrogens is 296 g/mol. The first-order valence-electron chi connectivity index (χ1n) is 6.58. The van der Waals surface area contributed by atoms with Crippen LogP contribution in [-0.2, 0) is 10.1 Å². The monoisotopic (exact) mass is 318 g/mol. The maximum absolute atomic E-state index is 9.89. The second-order valence-corrected chi connectivity index (χ2v) is 6.45. The van der Waals surface area contributed by atoms with Crippen molar-refractivity contribution in [3.05, 3.63) is 23.8 Å². The summed E-state index contributed by atoms with van der Waals surface area (Å²) in [5.74, 6) is 1.80. The Morgan fingerprint density at radius 3 is 1.90 bits per heavy atom. The minimum Gasteiger partial charge on any atom is -0.497 e. The normalized spacial score (nSPS) is 21.4. The smallest absolute Gasteiger partial charge is 0.261 e. The molecule has 1 saturated carbocycles. The molecule has 0 amide bonds. The van der Waals surface area contributed by atoms with E-state index in [9.17, 15) is 13.5 Å². The molecule has 7 heteroatoms. The Hall–Kier alpha value is -1.31. The summed E-state index contributed by atoms with van der Waals surface area (Å²) in [5, 5.41) is 9.89. The van der Waals surface area contributed by atoms with Gasteiger partial charge >= 0.3 is 0 Å². The summed E-state index contributed by atoms with van der Waals surface area (Å²) in [5.41, 5.74) is 1.11. The fraction of sp³-hybridized carbons (Fsp3) is 0.571. The highest BCUT2D eigenvalue weighted by Crippen LogP contribution is 2.37. The van der Waals surface area contributed by atoms with Crippen LogP contribution in [0.1, 0.15) is 30.7 Å². The maximum atomic E-state index is 9.89. The zero-order chi connectivity index (χ0) is 16.0. The molecule has 0 unspecified atom stereocenters. The Morgan fingerprint density at radius 1 is 1.10 bits per heavy atom. The van der Waals surface area contributed by atoms with Gasteiger partial charge in [-0.2, -0.15) is 8.42 Å². The summed E-state index contributed by atoms with van der Waals surface area (Å²) in [4.78, 5) is 0. The molecule has 6 nitrogen and oxygen atoms in total. The number of hydrogen-bond donors (Lipinski definition) is 2. The van der Waals surface area contributed by atoms with Crippen molar-refractivity contribution < 1.29 is 27.6 Å². The summed E-state index contributed by atoms with van der Waals surface area (Å²) in [7, 11) is -0.382. The number of benzene rings is 1. The molecule has 0 saturated heterocycles. The van der Waals surface area contributed by atoms with Gasteiger partial charge in [0.15, 0.2) is 0 Å². The second-order valence-electron chi connectivity index (χ2n) is 4.98. The zero-order valence-electron chi connectivity index (χ0n) is 12.4. The molecule has 0 aliphatic heterocycles. The SMILES string of the molecule is COc1cc(OC)cc([C@H]2CCC[C@H]2O)c1.CS(=O)(=O)O. The van der Waals surface area contributed by atoms with E-state index in [0.29, 0.717) is 6.26 Å². The molecule has 2 N–H and O–H groups in total. The highest BCUT2D eigenvalue weighted by Gasteiger charge is 2.27. The number of aliphatic hydroxyl groups is 1. The number of rotatable bonds is 3. The van der Waals surface area contributed by atoms with Crippen LogP contribution in [0.15, 0.2) is 18.2 Å². The quantitative estimate of drug-likeness (QED) is 0.826. The molecule has 1 aliphatic rings. The first-order chi connectivity index (χ1) is 9.74. The number of aliphatic hydroxyl groups excluding tert-OH is 1. The predicted octanol–water partition coefficient (Wildman–Crippen LogP) is 1.84. The third-order valence-electron chi connectivity index (χ3n) is 3.28. The molecule has 1 aromatic carbocycles. The first-order valence-corrected chi connectivity index (χ1v) is 8.43. The molecule has 2 rings (SSSR count). The van der Waals surface area contributed by atoms with E-state index in [-0.39, 0.29) is 12.0 Å². The average molecular weight is 318 g/mol. The van der Waals surface area contributed by atoms with Crippen LogP contribution in [0.4, 0.5) is 0 Å². The van der Waals surface area contributed by atoms with E-state index in [4.69, 9.17) is 14.0 Å². The van der Waals surface area contributed by atoms with Crippen LogP contribution in [0, 0.1) is 0 Å². The van der Waals surface area contributed by atoms with E-state index >= 15 is 0 Å². The Labute approximate surface area is 125 Å². The molecule has 0 spiro atoms. The van der Waals surface area contributed by atoms with Gasteiger partial charge in [0.05, 0.1) is 26.6 Å². The van der Waals surface area contributed by atoms with Gasteiger partial charge in [-0.25, -0.2) is 0 Å². The summed E-state index contributed by atoms with van der Waals surface area (Å²) in [6, 6.07) is 5.83. The molecule has 1 aliphatic carbocycles. The highest BCUT2D eigenvalue weighted by molar-refractivity contribution is 7.85. The van der Waals surface area contributed by atoms with Gasteiger partial charge in [-0.1, -0.05) is 6.42 Å². The van der Waals surface area contributed by atoms with Crippen LogP contribution < -0.4 is 9.47 Å². The topological polar surface area (TPSA) is 93.1 Å². The lowest BCUT2D eigenvalue weighted by Crippen LogP contribution is -2.11.